The summed E-state index contributed by atoms with van der Waals surface area (Å²) in [6, 6.07) is 14.7. The molecule has 1 aliphatic heterocycles. The van der Waals surface area contributed by atoms with E-state index < -0.39 is 17.7 Å². The molecule has 0 saturated carbocycles. The van der Waals surface area contributed by atoms with Gasteiger partial charge >= 0.3 is 0 Å². The van der Waals surface area contributed by atoms with E-state index in [1.54, 1.807) is 48.8 Å². The van der Waals surface area contributed by atoms with Crippen LogP contribution < -0.4 is 9.64 Å². The molecule has 1 aromatic heterocycles. The number of ketones is 1. The van der Waals surface area contributed by atoms with E-state index in [9.17, 15) is 14.7 Å². The van der Waals surface area contributed by atoms with Gasteiger partial charge in [-0.2, -0.15) is 0 Å². The van der Waals surface area contributed by atoms with Crippen molar-refractivity contribution in [3.8, 4) is 5.75 Å². The van der Waals surface area contributed by atoms with E-state index in [4.69, 9.17) is 16.3 Å². The van der Waals surface area contributed by atoms with Gasteiger partial charge in [0.1, 0.15) is 11.5 Å². The molecule has 2 aromatic carbocycles. The van der Waals surface area contributed by atoms with Crippen LogP contribution >= 0.6 is 11.6 Å². The van der Waals surface area contributed by atoms with Crippen LogP contribution in [0.1, 0.15) is 29.7 Å². The van der Waals surface area contributed by atoms with Crippen LogP contribution in [0.3, 0.4) is 0 Å². The van der Waals surface area contributed by atoms with Gasteiger partial charge in [-0.1, -0.05) is 29.8 Å². The number of aliphatic hydroxyl groups is 1. The van der Waals surface area contributed by atoms with Gasteiger partial charge in [-0.3, -0.25) is 19.5 Å². The van der Waals surface area contributed by atoms with Gasteiger partial charge in [-0.05, 0) is 61.4 Å². The minimum atomic E-state index is -0.836. The Hall–Kier alpha value is -3.64. The van der Waals surface area contributed by atoms with Crippen LogP contribution in [0.2, 0.25) is 5.02 Å². The molecule has 1 amide bonds. The lowest BCUT2D eigenvalue weighted by Gasteiger charge is -2.25. The summed E-state index contributed by atoms with van der Waals surface area (Å²) in [7, 11) is 0. The number of aliphatic hydroxyl groups excluding tert-OH is 1. The average Bonchev–Trinajstić information content (AvgIpc) is 3.06. The zero-order chi connectivity index (χ0) is 22.8. The van der Waals surface area contributed by atoms with Crippen LogP contribution in [-0.4, -0.2) is 28.4 Å². The van der Waals surface area contributed by atoms with Crippen LogP contribution in [0.15, 0.2) is 72.6 Å². The van der Waals surface area contributed by atoms with Gasteiger partial charge < -0.3 is 9.84 Å². The molecule has 4 rings (SSSR count). The Balaban J connectivity index is 1.93. The number of hydrogen-bond donors (Lipinski definition) is 1. The summed E-state index contributed by atoms with van der Waals surface area (Å²) in [6.45, 7) is 4.11. The summed E-state index contributed by atoms with van der Waals surface area (Å²) in [5, 5.41) is 11.6. The van der Waals surface area contributed by atoms with Crippen molar-refractivity contribution < 1.29 is 19.4 Å². The molecule has 32 heavy (non-hydrogen) atoms. The van der Waals surface area contributed by atoms with Crippen molar-refractivity contribution in [2.24, 2.45) is 0 Å². The summed E-state index contributed by atoms with van der Waals surface area (Å²) in [5.41, 5.74) is 2.41. The first kappa shape index (κ1) is 21.6. The maximum Gasteiger partial charge on any atom is 0.300 e. The predicted molar refractivity (Wildman–Crippen MR) is 123 cm³/mol. The van der Waals surface area contributed by atoms with Crippen molar-refractivity contribution in [1.29, 1.82) is 0 Å². The Morgan fingerprint density at radius 1 is 1.16 bits per heavy atom. The maximum atomic E-state index is 13.2. The second kappa shape index (κ2) is 8.85. The van der Waals surface area contributed by atoms with Gasteiger partial charge in [0.25, 0.3) is 11.7 Å². The normalized spacial score (nSPS) is 17.6. The van der Waals surface area contributed by atoms with Crippen molar-refractivity contribution in [2.75, 3.05) is 11.5 Å². The molecule has 0 radical (unpaired) electrons. The Morgan fingerprint density at radius 2 is 1.97 bits per heavy atom. The second-order valence-electron chi connectivity index (χ2n) is 7.37. The topological polar surface area (TPSA) is 79.7 Å². The molecule has 0 spiro atoms. The van der Waals surface area contributed by atoms with Gasteiger partial charge in [0, 0.05) is 23.6 Å². The second-order valence-corrected chi connectivity index (χ2v) is 7.78. The number of carbonyl (C=O) groups is 2. The molecule has 1 aliphatic rings. The molecule has 7 heteroatoms. The fourth-order valence-electron chi connectivity index (χ4n) is 3.80. The largest absolute Gasteiger partial charge is 0.507 e. The SMILES string of the molecule is CCOc1cc(/C(O)=C2/C(=O)C(=O)N(c3cccc(C)c3)C2c2cccnc2)ccc1Cl. The first-order valence-corrected chi connectivity index (χ1v) is 10.5. The lowest BCUT2D eigenvalue weighted by Crippen LogP contribution is -2.29. The van der Waals surface area contributed by atoms with Crippen molar-refractivity contribution in [3.05, 3.63) is 94.3 Å². The average molecular weight is 449 g/mol. The fraction of sp³-hybridized carbons (Fsp3) is 0.160. The van der Waals surface area contributed by atoms with Gasteiger partial charge in [-0.15, -0.1) is 0 Å². The number of aryl methyl sites for hydroxylation is 1. The molecule has 1 atom stereocenters. The highest BCUT2D eigenvalue weighted by atomic mass is 35.5. The number of pyridine rings is 1. The molecule has 0 bridgehead atoms. The Kier molecular flexibility index (Phi) is 5.97. The number of benzene rings is 2. The molecule has 6 nitrogen and oxygen atoms in total. The zero-order valence-electron chi connectivity index (χ0n) is 17.6. The maximum absolute atomic E-state index is 13.2. The number of ether oxygens (including phenoxy) is 1. The highest BCUT2D eigenvalue weighted by Gasteiger charge is 2.47. The highest BCUT2D eigenvalue weighted by molar-refractivity contribution is 6.51. The van der Waals surface area contributed by atoms with Crippen LogP contribution in [0.25, 0.3) is 5.76 Å². The van der Waals surface area contributed by atoms with Gasteiger partial charge in [-0.25, -0.2) is 0 Å². The number of halogens is 1. The Bertz CT molecular complexity index is 1220. The van der Waals surface area contributed by atoms with Gasteiger partial charge in [0.2, 0.25) is 0 Å². The number of Topliss-reactive ketones (excluding diaryl/α,β-unsaturated/α-hetero) is 1. The Morgan fingerprint density at radius 3 is 2.66 bits per heavy atom. The quantitative estimate of drug-likeness (QED) is 0.335. The number of rotatable bonds is 5. The summed E-state index contributed by atoms with van der Waals surface area (Å²) in [5.74, 6) is -1.41. The van der Waals surface area contributed by atoms with E-state index >= 15 is 0 Å². The predicted octanol–water partition coefficient (Wildman–Crippen LogP) is 5.07. The lowest BCUT2D eigenvalue weighted by molar-refractivity contribution is -0.132. The molecule has 3 aromatic rings. The van der Waals surface area contributed by atoms with Crippen LogP contribution in [0.5, 0.6) is 5.75 Å². The molecular formula is C25H21ClN2O4. The summed E-state index contributed by atoms with van der Waals surface area (Å²) < 4.78 is 5.52. The minimum absolute atomic E-state index is 0.0192. The van der Waals surface area contributed by atoms with E-state index in [1.165, 1.54) is 4.90 Å². The molecule has 2 heterocycles. The van der Waals surface area contributed by atoms with Crippen molar-refractivity contribution >= 4 is 34.7 Å². The van der Waals surface area contributed by atoms with E-state index in [0.717, 1.165) is 5.56 Å². The van der Waals surface area contributed by atoms with E-state index in [2.05, 4.69) is 4.98 Å². The summed E-state index contributed by atoms with van der Waals surface area (Å²) in [4.78, 5) is 31.8. The van der Waals surface area contributed by atoms with Crippen LogP contribution in [0, 0.1) is 6.92 Å². The van der Waals surface area contributed by atoms with Gasteiger partial charge in [0.05, 0.1) is 23.2 Å². The molecular weight excluding hydrogens is 428 g/mol. The van der Waals surface area contributed by atoms with Crippen LogP contribution in [0.4, 0.5) is 5.69 Å². The number of aromatic nitrogens is 1. The third-order valence-corrected chi connectivity index (χ3v) is 5.54. The van der Waals surface area contributed by atoms with Gasteiger partial charge in [0.15, 0.2) is 0 Å². The fourth-order valence-corrected chi connectivity index (χ4v) is 3.97. The smallest absolute Gasteiger partial charge is 0.300 e. The third-order valence-electron chi connectivity index (χ3n) is 5.23. The van der Waals surface area contributed by atoms with Crippen molar-refractivity contribution in [2.45, 2.75) is 19.9 Å². The monoisotopic (exact) mass is 448 g/mol. The van der Waals surface area contributed by atoms with E-state index in [-0.39, 0.29) is 11.3 Å². The number of hydrogen-bond acceptors (Lipinski definition) is 5. The van der Waals surface area contributed by atoms with E-state index in [0.29, 0.717) is 34.2 Å². The van der Waals surface area contributed by atoms with Crippen molar-refractivity contribution in [1.82, 2.24) is 4.98 Å². The molecule has 0 aliphatic carbocycles. The third kappa shape index (κ3) is 3.85. The van der Waals surface area contributed by atoms with Crippen molar-refractivity contribution in [3.63, 3.8) is 0 Å². The van der Waals surface area contributed by atoms with Crippen LogP contribution in [-0.2, 0) is 9.59 Å². The zero-order valence-corrected chi connectivity index (χ0v) is 18.3. The number of anilines is 1. The molecule has 1 fully saturated rings. The summed E-state index contributed by atoms with van der Waals surface area (Å²) in [6.07, 6.45) is 3.19. The van der Waals surface area contributed by atoms with E-state index in [1.807, 2.05) is 32.0 Å². The first-order chi connectivity index (χ1) is 15.4. The number of amides is 1. The Labute approximate surface area is 190 Å². The first-order valence-electron chi connectivity index (χ1n) is 10.1. The molecule has 1 unspecified atom stereocenters. The lowest BCUT2D eigenvalue weighted by atomic mass is 9.96. The standard InChI is InChI=1S/C25H21ClN2O4/c1-3-32-20-13-16(9-10-19(20)26)23(29)21-22(17-7-5-11-27-14-17)28(25(31)24(21)30)18-8-4-6-15(2)12-18/h4-14,22,29H,3H2,1-2H3/b23-21-. The minimum Gasteiger partial charge on any atom is -0.507 e. The molecule has 1 N–H and O–H groups in total. The highest BCUT2D eigenvalue weighted by Crippen LogP contribution is 2.42. The molecule has 162 valence electrons. The number of carbonyl (C=O) groups excluding carboxylic acids is 2. The number of nitrogens with zero attached hydrogens (tertiary/aromatic N) is 2. The summed E-state index contributed by atoms with van der Waals surface area (Å²) >= 11 is 6.17. The molecule has 1 saturated heterocycles.